The molecule has 74 valence electrons. The molecule has 1 aromatic heterocycles. The Morgan fingerprint density at radius 1 is 1.54 bits per heavy atom. The van der Waals surface area contributed by atoms with Gasteiger partial charge in [-0.2, -0.15) is 5.10 Å². The highest BCUT2D eigenvalue weighted by Gasteiger charge is 2.17. The number of nitrogens with two attached hydrogens (primary N) is 4. The van der Waals surface area contributed by atoms with Crippen LogP contribution in [0.15, 0.2) is 6.20 Å². The molecule has 0 bridgehead atoms. The fourth-order valence-corrected chi connectivity index (χ4v) is 1.19. The molecule has 0 saturated heterocycles. The van der Waals surface area contributed by atoms with Gasteiger partial charge in [-0.25, -0.2) is 4.68 Å². The smallest absolute Gasteiger partial charge is 0.145 e. The molecular weight excluding hydrogens is 168 g/mol. The van der Waals surface area contributed by atoms with Crippen LogP contribution in [0.2, 0.25) is 0 Å². The number of hydrogen-bond acceptors (Lipinski definition) is 5. The molecule has 0 aromatic carbocycles. The number of hydrogen-bond donors (Lipinski definition) is 4. The number of nitrogens with zero attached hydrogens (tertiary/aromatic N) is 2. The summed E-state index contributed by atoms with van der Waals surface area (Å²) in [7, 11) is 0. The molecule has 2 unspecified atom stereocenters. The van der Waals surface area contributed by atoms with E-state index in [0.717, 1.165) is 0 Å². The van der Waals surface area contributed by atoms with Crippen LogP contribution in [0, 0.1) is 0 Å². The van der Waals surface area contributed by atoms with Crippen molar-refractivity contribution in [1.82, 2.24) is 9.78 Å². The maximum absolute atomic E-state index is 5.72. The molecule has 6 nitrogen and oxygen atoms in total. The minimum absolute atomic E-state index is 0.0997. The SMILES string of the molecule is CC(N)C(CN)n1ncc(N)c1N. The van der Waals surface area contributed by atoms with Crippen LogP contribution in [0.3, 0.4) is 0 Å². The van der Waals surface area contributed by atoms with Gasteiger partial charge in [-0.15, -0.1) is 0 Å². The van der Waals surface area contributed by atoms with E-state index in [1.165, 1.54) is 6.20 Å². The van der Waals surface area contributed by atoms with E-state index in [2.05, 4.69) is 5.10 Å². The average Bonchev–Trinajstić information content (AvgIpc) is 2.37. The fourth-order valence-electron chi connectivity index (χ4n) is 1.19. The standard InChI is InChI=1S/C7H16N6/c1-4(9)6(2-8)13-7(11)5(10)3-12-13/h3-4,6H,2,8-11H2,1H3. The van der Waals surface area contributed by atoms with Crippen molar-refractivity contribution in [3.63, 3.8) is 0 Å². The highest BCUT2D eigenvalue weighted by atomic mass is 15.3. The predicted molar refractivity (Wildman–Crippen MR) is 52.8 cm³/mol. The van der Waals surface area contributed by atoms with E-state index >= 15 is 0 Å². The Kier molecular flexibility index (Phi) is 2.74. The normalized spacial score (nSPS) is 15.6. The Morgan fingerprint density at radius 3 is 2.46 bits per heavy atom. The Hall–Kier alpha value is -1.27. The predicted octanol–water partition coefficient (Wildman–Crippen LogP) is -1.11. The molecule has 1 rings (SSSR count). The molecule has 13 heavy (non-hydrogen) atoms. The largest absolute Gasteiger partial charge is 0.394 e. The Labute approximate surface area is 76.9 Å². The van der Waals surface area contributed by atoms with Gasteiger partial charge >= 0.3 is 0 Å². The Balaban J connectivity index is 2.98. The second-order valence-corrected chi connectivity index (χ2v) is 3.09. The van der Waals surface area contributed by atoms with Crippen LogP contribution in [0.4, 0.5) is 11.5 Å². The molecule has 1 heterocycles. The van der Waals surface area contributed by atoms with E-state index in [9.17, 15) is 0 Å². The average molecular weight is 184 g/mol. The van der Waals surface area contributed by atoms with E-state index in [1.807, 2.05) is 6.92 Å². The third-order valence-corrected chi connectivity index (χ3v) is 2.03. The summed E-state index contributed by atoms with van der Waals surface area (Å²) in [6.45, 7) is 2.25. The monoisotopic (exact) mass is 184 g/mol. The number of anilines is 2. The summed E-state index contributed by atoms with van der Waals surface area (Å²) in [6.07, 6.45) is 1.50. The van der Waals surface area contributed by atoms with Crippen molar-refractivity contribution < 1.29 is 0 Å². The highest BCUT2D eigenvalue weighted by molar-refractivity contribution is 5.57. The van der Waals surface area contributed by atoms with Gasteiger partial charge in [-0.05, 0) is 6.92 Å². The lowest BCUT2D eigenvalue weighted by Crippen LogP contribution is -2.35. The van der Waals surface area contributed by atoms with Gasteiger partial charge in [0.2, 0.25) is 0 Å². The van der Waals surface area contributed by atoms with Gasteiger partial charge < -0.3 is 22.9 Å². The molecule has 0 spiro atoms. The first-order chi connectivity index (χ1) is 6.07. The molecule has 0 fully saturated rings. The summed E-state index contributed by atoms with van der Waals surface area (Å²) >= 11 is 0. The van der Waals surface area contributed by atoms with Gasteiger partial charge in [-0.1, -0.05) is 0 Å². The minimum atomic E-state index is -0.105. The van der Waals surface area contributed by atoms with Crippen LogP contribution >= 0.6 is 0 Å². The second kappa shape index (κ2) is 3.63. The number of aromatic nitrogens is 2. The molecule has 0 radical (unpaired) electrons. The lowest BCUT2D eigenvalue weighted by molar-refractivity contribution is 0.407. The van der Waals surface area contributed by atoms with E-state index < -0.39 is 0 Å². The number of rotatable bonds is 3. The first-order valence-corrected chi connectivity index (χ1v) is 4.12. The maximum atomic E-state index is 5.72. The molecule has 6 heteroatoms. The first-order valence-electron chi connectivity index (χ1n) is 4.12. The van der Waals surface area contributed by atoms with Crippen LogP contribution in [-0.4, -0.2) is 22.4 Å². The van der Waals surface area contributed by atoms with Crippen molar-refractivity contribution in [1.29, 1.82) is 0 Å². The topological polar surface area (TPSA) is 122 Å². The van der Waals surface area contributed by atoms with Gasteiger partial charge in [0.05, 0.1) is 17.9 Å². The lowest BCUT2D eigenvalue weighted by Gasteiger charge is -2.20. The second-order valence-electron chi connectivity index (χ2n) is 3.09. The van der Waals surface area contributed by atoms with Crippen molar-refractivity contribution in [2.45, 2.75) is 19.0 Å². The van der Waals surface area contributed by atoms with Crippen molar-refractivity contribution in [3.05, 3.63) is 6.20 Å². The van der Waals surface area contributed by atoms with Crippen LogP contribution in [0.5, 0.6) is 0 Å². The van der Waals surface area contributed by atoms with Gasteiger partial charge in [-0.3, -0.25) is 0 Å². The van der Waals surface area contributed by atoms with Crippen LogP contribution in [0.1, 0.15) is 13.0 Å². The summed E-state index contributed by atoms with van der Waals surface area (Å²) < 4.78 is 1.57. The zero-order valence-corrected chi connectivity index (χ0v) is 7.64. The van der Waals surface area contributed by atoms with E-state index in [0.29, 0.717) is 18.1 Å². The third kappa shape index (κ3) is 1.73. The number of nitrogen functional groups attached to an aromatic ring is 2. The van der Waals surface area contributed by atoms with Crippen molar-refractivity contribution >= 4 is 11.5 Å². The quantitative estimate of drug-likeness (QED) is 0.474. The van der Waals surface area contributed by atoms with Gasteiger partial charge in [0.1, 0.15) is 5.82 Å². The van der Waals surface area contributed by atoms with Crippen LogP contribution < -0.4 is 22.9 Å². The molecule has 0 aliphatic rings. The lowest BCUT2D eigenvalue weighted by atomic mass is 10.1. The summed E-state index contributed by atoms with van der Waals surface area (Å²) in [5, 5.41) is 4.01. The van der Waals surface area contributed by atoms with Gasteiger partial charge in [0.15, 0.2) is 0 Å². The molecule has 0 amide bonds. The van der Waals surface area contributed by atoms with Gasteiger partial charge in [0, 0.05) is 12.6 Å². The van der Waals surface area contributed by atoms with E-state index in [1.54, 1.807) is 4.68 Å². The Morgan fingerprint density at radius 2 is 2.15 bits per heavy atom. The molecule has 2 atom stereocenters. The first kappa shape index (κ1) is 9.82. The molecule has 8 N–H and O–H groups in total. The molecule has 0 aliphatic heterocycles. The van der Waals surface area contributed by atoms with Crippen LogP contribution in [0.25, 0.3) is 0 Å². The maximum Gasteiger partial charge on any atom is 0.145 e. The van der Waals surface area contributed by atoms with E-state index in [-0.39, 0.29) is 12.1 Å². The highest BCUT2D eigenvalue weighted by Crippen LogP contribution is 2.18. The zero-order chi connectivity index (χ0) is 10.0. The third-order valence-electron chi connectivity index (χ3n) is 2.03. The van der Waals surface area contributed by atoms with Crippen molar-refractivity contribution in [2.75, 3.05) is 18.0 Å². The minimum Gasteiger partial charge on any atom is -0.394 e. The summed E-state index contributed by atoms with van der Waals surface area (Å²) in [6, 6.07) is -0.205. The molecule has 0 aliphatic carbocycles. The Bertz CT molecular complexity index is 279. The van der Waals surface area contributed by atoms with E-state index in [4.69, 9.17) is 22.9 Å². The van der Waals surface area contributed by atoms with Crippen LogP contribution in [-0.2, 0) is 0 Å². The summed E-state index contributed by atoms with van der Waals surface area (Å²) in [5.74, 6) is 0.424. The fraction of sp³-hybridized carbons (Fsp3) is 0.571. The van der Waals surface area contributed by atoms with Gasteiger partial charge in [0.25, 0.3) is 0 Å². The molecular formula is C7H16N6. The van der Waals surface area contributed by atoms with Crippen molar-refractivity contribution in [2.24, 2.45) is 11.5 Å². The summed E-state index contributed by atoms with van der Waals surface area (Å²) in [5.41, 5.74) is 22.9. The summed E-state index contributed by atoms with van der Waals surface area (Å²) in [4.78, 5) is 0. The molecule has 1 aromatic rings. The zero-order valence-electron chi connectivity index (χ0n) is 7.64. The van der Waals surface area contributed by atoms with Crippen molar-refractivity contribution in [3.8, 4) is 0 Å². The molecule has 0 saturated carbocycles.